The summed E-state index contributed by atoms with van der Waals surface area (Å²) in [5, 5.41) is 7.65. The zero-order chi connectivity index (χ0) is 14.5. The van der Waals surface area contributed by atoms with Gasteiger partial charge in [-0.1, -0.05) is 5.21 Å². The van der Waals surface area contributed by atoms with E-state index in [2.05, 4.69) is 20.3 Å². The maximum absolute atomic E-state index is 11.0. The Morgan fingerprint density at radius 2 is 2.05 bits per heavy atom. The predicted octanol–water partition coefficient (Wildman–Crippen LogP) is 0.439. The van der Waals surface area contributed by atoms with Crippen molar-refractivity contribution in [2.45, 2.75) is 27.0 Å². The third kappa shape index (κ3) is 3.67. The molecule has 0 fully saturated rings. The Bertz CT molecular complexity index is 620. The number of ketones is 2. The lowest BCUT2D eigenvalue weighted by Crippen LogP contribution is -2.06. The van der Waals surface area contributed by atoms with E-state index in [4.69, 9.17) is 4.74 Å². The number of Topliss-reactive ketones (excluding diaryl/α,β-unsaturated/α-hetero) is 2. The van der Waals surface area contributed by atoms with E-state index < -0.39 is 0 Å². The first-order valence-corrected chi connectivity index (χ1v) is 5.89. The van der Waals surface area contributed by atoms with Crippen molar-refractivity contribution < 1.29 is 14.3 Å². The summed E-state index contributed by atoms with van der Waals surface area (Å²) < 4.78 is 6.80. The molecule has 0 atom stereocenters. The van der Waals surface area contributed by atoms with Gasteiger partial charge in [0.05, 0.1) is 18.6 Å². The molecule has 2 aromatic rings. The monoisotopic (exact) mass is 275 g/mol. The first kappa shape index (κ1) is 13.8. The van der Waals surface area contributed by atoms with Gasteiger partial charge in [0.1, 0.15) is 24.5 Å². The summed E-state index contributed by atoms with van der Waals surface area (Å²) in [6.07, 6.45) is 4.35. The molecule has 0 saturated heterocycles. The zero-order valence-electron chi connectivity index (χ0n) is 11.1. The van der Waals surface area contributed by atoms with Gasteiger partial charge in [-0.05, 0) is 6.92 Å². The van der Waals surface area contributed by atoms with Crippen LogP contribution < -0.4 is 4.74 Å². The van der Waals surface area contributed by atoms with Crippen LogP contribution in [0.5, 0.6) is 5.88 Å². The Labute approximate surface area is 114 Å². The van der Waals surface area contributed by atoms with Crippen molar-refractivity contribution in [2.24, 2.45) is 0 Å². The van der Waals surface area contributed by atoms with E-state index in [1.807, 2.05) is 0 Å². The Morgan fingerprint density at radius 1 is 1.25 bits per heavy atom. The minimum absolute atomic E-state index is 0.00643. The molecule has 0 unspecified atom stereocenters. The van der Waals surface area contributed by atoms with Crippen LogP contribution in [0.3, 0.4) is 0 Å². The highest BCUT2D eigenvalue weighted by Crippen LogP contribution is 2.07. The topological polar surface area (TPSA) is 99.9 Å². The van der Waals surface area contributed by atoms with E-state index in [0.29, 0.717) is 5.69 Å². The van der Waals surface area contributed by atoms with Crippen LogP contribution in [-0.2, 0) is 17.9 Å². The molecule has 0 radical (unpaired) electrons. The van der Waals surface area contributed by atoms with Crippen molar-refractivity contribution >= 4 is 11.6 Å². The minimum Gasteiger partial charge on any atom is -0.470 e. The van der Waals surface area contributed by atoms with Crippen LogP contribution in [0.15, 0.2) is 18.6 Å². The van der Waals surface area contributed by atoms with Crippen molar-refractivity contribution in [3.63, 3.8) is 0 Å². The lowest BCUT2D eigenvalue weighted by molar-refractivity contribution is -0.117. The Kier molecular flexibility index (Phi) is 4.14. The summed E-state index contributed by atoms with van der Waals surface area (Å²) in [5.74, 6) is 0.125. The van der Waals surface area contributed by atoms with Gasteiger partial charge >= 0.3 is 0 Å². The molecule has 2 aromatic heterocycles. The Hall–Kier alpha value is -2.64. The summed E-state index contributed by atoms with van der Waals surface area (Å²) in [6.45, 7) is 3.23. The fourth-order valence-electron chi connectivity index (χ4n) is 1.43. The van der Waals surface area contributed by atoms with Crippen molar-refractivity contribution in [3.8, 4) is 5.88 Å². The SMILES string of the molecule is CC(=O)Cn1cc(COc2cnc(C(C)=O)cn2)nn1. The van der Waals surface area contributed by atoms with E-state index in [-0.39, 0.29) is 36.3 Å². The fourth-order valence-corrected chi connectivity index (χ4v) is 1.43. The van der Waals surface area contributed by atoms with Crippen molar-refractivity contribution in [1.29, 1.82) is 0 Å². The average Bonchev–Trinajstić information content (AvgIpc) is 2.83. The number of hydrogen-bond acceptors (Lipinski definition) is 7. The normalized spacial score (nSPS) is 10.3. The van der Waals surface area contributed by atoms with Crippen LogP contribution in [0.25, 0.3) is 0 Å². The van der Waals surface area contributed by atoms with E-state index in [1.54, 1.807) is 6.20 Å². The molecule has 8 nitrogen and oxygen atoms in total. The average molecular weight is 275 g/mol. The second-order valence-corrected chi connectivity index (χ2v) is 4.19. The van der Waals surface area contributed by atoms with Gasteiger partial charge in [0.2, 0.25) is 5.88 Å². The highest BCUT2D eigenvalue weighted by molar-refractivity contribution is 5.91. The van der Waals surface area contributed by atoms with E-state index in [1.165, 1.54) is 30.9 Å². The summed E-state index contributed by atoms with van der Waals surface area (Å²) in [7, 11) is 0. The van der Waals surface area contributed by atoms with Crippen LogP contribution in [-0.4, -0.2) is 36.5 Å². The quantitative estimate of drug-likeness (QED) is 0.705. The third-order valence-electron chi connectivity index (χ3n) is 2.33. The number of aromatic nitrogens is 5. The van der Waals surface area contributed by atoms with Crippen molar-refractivity contribution in [1.82, 2.24) is 25.0 Å². The summed E-state index contributed by atoms with van der Waals surface area (Å²) >= 11 is 0. The Morgan fingerprint density at radius 3 is 2.65 bits per heavy atom. The first-order chi connectivity index (χ1) is 9.54. The molecule has 0 saturated carbocycles. The molecule has 0 aliphatic heterocycles. The van der Waals surface area contributed by atoms with Gasteiger partial charge < -0.3 is 4.74 Å². The Balaban J connectivity index is 1.93. The number of nitrogens with zero attached hydrogens (tertiary/aromatic N) is 5. The lowest BCUT2D eigenvalue weighted by atomic mass is 10.3. The number of carbonyl (C=O) groups is 2. The largest absolute Gasteiger partial charge is 0.470 e. The van der Waals surface area contributed by atoms with E-state index in [0.717, 1.165) is 0 Å². The predicted molar refractivity (Wildman–Crippen MR) is 67.1 cm³/mol. The molecule has 0 aliphatic carbocycles. The van der Waals surface area contributed by atoms with Crippen LogP contribution in [0, 0.1) is 0 Å². The number of rotatable bonds is 6. The third-order valence-corrected chi connectivity index (χ3v) is 2.33. The molecule has 8 heteroatoms. The molecule has 104 valence electrons. The highest BCUT2D eigenvalue weighted by atomic mass is 16.5. The molecule has 2 rings (SSSR count). The summed E-state index contributed by atoms with van der Waals surface area (Å²) in [5.41, 5.74) is 0.855. The van der Waals surface area contributed by atoms with Gasteiger partial charge in [-0.3, -0.25) is 9.59 Å². The smallest absolute Gasteiger partial charge is 0.232 e. The molecule has 0 N–H and O–H groups in total. The zero-order valence-corrected chi connectivity index (χ0v) is 11.1. The van der Waals surface area contributed by atoms with Crippen molar-refractivity contribution in [2.75, 3.05) is 0 Å². The second kappa shape index (κ2) is 6.00. The molecular formula is C12H13N5O3. The van der Waals surface area contributed by atoms with Crippen LogP contribution in [0.4, 0.5) is 0 Å². The second-order valence-electron chi connectivity index (χ2n) is 4.19. The van der Waals surface area contributed by atoms with Crippen LogP contribution >= 0.6 is 0 Å². The van der Waals surface area contributed by atoms with Gasteiger partial charge in [0, 0.05) is 6.92 Å². The number of carbonyl (C=O) groups excluding carboxylic acids is 2. The van der Waals surface area contributed by atoms with Crippen LogP contribution in [0.1, 0.15) is 30.0 Å². The minimum atomic E-state index is -0.156. The standard InChI is InChI=1S/C12H13N5O3/c1-8(18)5-17-6-10(15-16-17)7-20-12-4-13-11(3-14-12)9(2)19/h3-4,6H,5,7H2,1-2H3. The van der Waals surface area contributed by atoms with Gasteiger partial charge in [0.25, 0.3) is 0 Å². The molecule has 2 heterocycles. The van der Waals surface area contributed by atoms with E-state index in [9.17, 15) is 9.59 Å². The molecular weight excluding hydrogens is 262 g/mol. The molecule has 0 amide bonds. The molecule has 0 spiro atoms. The van der Waals surface area contributed by atoms with Gasteiger partial charge in [-0.2, -0.15) is 0 Å². The molecule has 0 aliphatic rings. The molecule has 0 aromatic carbocycles. The first-order valence-electron chi connectivity index (χ1n) is 5.89. The highest BCUT2D eigenvalue weighted by Gasteiger charge is 2.06. The summed E-state index contributed by atoms with van der Waals surface area (Å²) in [4.78, 5) is 29.8. The maximum Gasteiger partial charge on any atom is 0.232 e. The molecule has 0 bridgehead atoms. The fraction of sp³-hybridized carbons (Fsp3) is 0.333. The van der Waals surface area contributed by atoms with Gasteiger partial charge in [0.15, 0.2) is 11.6 Å². The maximum atomic E-state index is 11.0. The lowest BCUT2D eigenvalue weighted by Gasteiger charge is -2.02. The van der Waals surface area contributed by atoms with E-state index >= 15 is 0 Å². The molecule has 20 heavy (non-hydrogen) atoms. The van der Waals surface area contributed by atoms with Crippen molar-refractivity contribution in [3.05, 3.63) is 30.0 Å². The van der Waals surface area contributed by atoms with Gasteiger partial charge in [-0.15, -0.1) is 5.10 Å². The van der Waals surface area contributed by atoms with Crippen LogP contribution in [0.2, 0.25) is 0 Å². The number of hydrogen-bond donors (Lipinski definition) is 0. The summed E-state index contributed by atoms with van der Waals surface area (Å²) in [6, 6.07) is 0. The number of ether oxygens (including phenoxy) is 1. The van der Waals surface area contributed by atoms with Gasteiger partial charge in [-0.25, -0.2) is 14.6 Å².